The van der Waals surface area contributed by atoms with Crippen LogP contribution in [0.2, 0.25) is 0 Å². The Morgan fingerprint density at radius 2 is 1.88 bits per heavy atom. The van der Waals surface area contributed by atoms with Gasteiger partial charge in [-0.05, 0) is 62.2 Å². The zero-order chi connectivity index (χ0) is 28.6. The number of aryl methyl sites for hydroxylation is 3. The topological polar surface area (TPSA) is 119 Å². The number of nitrogen functional groups attached to an aromatic ring is 1. The second-order valence-corrected chi connectivity index (χ2v) is 9.68. The number of benzene rings is 2. The summed E-state index contributed by atoms with van der Waals surface area (Å²) < 4.78 is 7.94. The Morgan fingerprint density at radius 1 is 1.12 bits per heavy atom. The van der Waals surface area contributed by atoms with Gasteiger partial charge in [-0.1, -0.05) is 30.8 Å². The predicted molar refractivity (Wildman–Crippen MR) is 158 cm³/mol. The summed E-state index contributed by atoms with van der Waals surface area (Å²) in [6.07, 6.45) is 1.50. The van der Waals surface area contributed by atoms with E-state index < -0.39 is 0 Å². The highest BCUT2D eigenvalue weighted by atomic mass is 16.5. The van der Waals surface area contributed by atoms with E-state index in [4.69, 9.17) is 10.5 Å². The molecule has 0 saturated heterocycles. The summed E-state index contributed by atoms with van der Waals surface area (Å²) in [4.78, 5) is 20.9. The average Bonchev–Trinajstić information content (AvgIpc) is 3.23. The number of nitrogens with zero attached hydrogens (tertiary/aromatic N) is 4. The van der Waals surface area contributed by atoms with Gasteiger partial charge in [0.05, 0.1) is 22.2 Å². The van der Waals surface area contributed by atoms with Gasteiger partial charge in [-0.3, -0.25) is 4.79 Å². The molecule has 3 N–H and O–H groups in total. The lowest BCUT2D eigenvalue weighted by atomic mass is 9.95. The lowest BCUT2D eigenvalue weighted by molar-refractivity contribution is -0.112. The van der Waals surface area contributed by atoms with Crippen LogP contribution >= 0.6 is 0 Å². The molecular weight excluding hydrogens is 500 g/mol. The fraction of sp³-hybridized carbons (Fsp3) is 0.125. The van der Waals surface area contributed by atoms with Crippen molar-refractivity contribution in [2.75, 3.05) is 11.1 Å². The quantitative estimate of drug-likeness (QED) is 0.237. The van der Waals surface area contributed by atoms with Crippen LogP contribution in [0, 0.1) is 25.2 Å². The van der Waals surface area contributed by atoms with Gasteiger partial charge in [0.1, 0.15) is 17.6 Å². The largest absolute Gasteiger partial charge is 0.439 e. The third-order valence-corrected chi connectivity index (χ3v) is 6.71. The molecule has 5 aromatic rings. The van der Waals surface area contributed by atoms with Crippen LogP contribution < -0.4 is 15.8 Å². The van der Waals surface area contributed by atoms with Crippen molar-refractivity contribution < 1.29 is 9.53 Å². The Hall–Kier alpha value is -5.42. The number of nitriles is 1. The molecule has 0 radical (unpaired) electrons. The Balaban J connectivity index is 1.67. The van der Waals surface area contributed by atoms with E-state index in [1.165, 1.54) is 6.20 Å². The van der Waals surface area contributed by atoms with Crippen LogP contribution in [0.15, 0.2) is 79.0 Å². The van der Waals surface area contributed by atoms with E-state index in [1.54, 1.807) is 6.92 Å². The molecule has 0 unspecified atom stereocenters. The molecule has 0 aliphatic carbocycles. The van der Waals surface area contributed by atoms with Gasteiger partial charge in [-0.15, -0.1) is 0 Å². The van der Waals surface area contributed by atoms with Crippen molar-refractivity contribution in [3.63, 3.8) is 0 Å². The molecule has 1 amide bonds. The molecule has 0 bridgehead atoms. The van der Waals surface area contributed by atoms with Gasteiger partial charge in [0.25, 0.3) is 5.91 Å². The van der Waals surface area contributed by atoms with E-state index >= 15 is 0 Å². The summed E-state index contributed by atoms with van der Waals surface area (Å²) in [5.74, 6) is 1.25. The van der Waals surface area contributed by atoms with E-state index in [-0.39, 0.29) is 5.91 Å². The number of hydrogen-bond donors (Lipinski definition) is 2. The standard InChI is InChI=1S/C32H28N6O2/c1-18(2)32(39)37-23-11-14-25(19(3)15-23)30-27(28-29(38(30)5)22(16-33)17-35-31(28)34)21-9-12-24(13-10-21)40-26-8-6-7-20(4)36-26/h6-15,17H,1H2,2-5H3,(H2,34,35)(H,37,39). The number of fused-ring (bicyclic) bond motifs is 1. The number of carbonyl (C=O) groups is 1. The minimum absolute atomic E-state index is 0.238. The van der Waals surface area contributed by atoms with Gasteiger partial charge in [0, 0.05) is 47.4 Å². The van der Waals surface area contributed by atoms with Crippen LogP contribution in [-0.2, 0) is 11.8 Å². The number of pyridine rings is 2. The first-order chi connectivity index (χ1) is 19.2. The highest BCUT2D eigenvalue weighted by Crippen LogP contribution is 2.44. The maximum atomic E-state index is 12.2. The number of anilines is 2. The SMILES string of the molecule is C=C(C)C(=O)Nc1ccc(-c2c(-c3ccc(Oc4cccc(C)n4)cc3)c3c(N)ncc(C#N)c3n2C)c(C)c1. The molecule has 8 nitrogen and oxygen atoms in total. The summed E-state index contributed by atoms with van der Waals surface area (Å²) in [5, 5.41) is 13.5. The third-order valence-electron chi connectivity index (χ3n) is 6.71. The molecule has 0 aliphatic heterocycles. The fourth-order valence-electron chi connectivity index (χ4n) is 4.82. The predicted octanol–water partition coefficient (Wildman–Crippen LogP) is 6.68. The molecule has 3 aromatic heterocycles. The zero-order valence-corrected chi connectivity index (χ0v) is 22.7. The molecule has 0 saturated carbocycles. The van der Waals surface area contributed by atoms with E-state index in [0.717, 1.165) is 33.6 Å². The first kappa shape index (κ1) is 26.2. The summed E-state index contributed by atoms with van der Waals surface area (Å²) in [6.45, 7) is 9.26. The van der Waals surface area contributed by atoms with Gasteiger partial charge in [-0.25, -0.2) is 9.97 Å². The number of nitrogens with one attached hydrogen (secondary N) is 1. The van der Waals surface area contributed by atoms with Gasteiger partial charge in [0.2, 0.25) is 5.88 Å². The van der Waals surface area contributed by atoms with Crippen molar-refractivity contribution in [2.45, 2.75) is 20.8 Å². The van der Waals surface area contributed by atoms with Crippen LogP contribution in [0.5, 0.6) is 11.6 Å². The van der Waals surface area contributed by atoms with Crippen LogP contribution in [0.3, 0.4) is 0 Å². The number of ether oxygens (including phenoxy) is 1. The number of carbonyl (C=O) groups excluding carboxylic acids is 1. The first-order valence-electron chi connectivity index (χ1n) is 12.6. The molecule has 0 atom stereocenters. The highest BCUT2D eigenvalue weighted by Gasteiger charge is 2.24. The van der Waals surface area contributed by atoms with E-state index in [9.17, 15) is 10.1 Å². The maximum Gasteiger partial charge on any atom is 0.250 e. The van der Waals surface area contributed by atoms with Gasteiger partial charge < -0.3 is 20.4 Å². The summed E-state index contributed by atoms with van der Waals surface area (Å²) >= 11 is 0. The summed E-state index contributed by atoms with van der Waals surface area (Å²) in [6, 6.07) is 21.3. The van der Waals surface area contributed by atoms with Crippen molar-refractivity contribution in [3.8, 4) is 40.1 Å². The highest BCUT2D eigenvalue weighted by molar-refractivity contribution is 6.11. The van der Waals surface area contributed by atoms with E-state index in [1.807, 2.05) is 86.1 Å². The lowest BCUT2D eigenvalue weighted by Crippen LogP contribution is -2.11. The lowest BCUT2D eigenvalue weighted by Gasteiger charge is -2.14. The number of rotatable bonds is 6. The van der Waals surface area contributed by atoms with Crippen molar-refractivity contribution in [3.05, 3.63) is 95.8 Å². The number of nitrogens with two attached hydrogens (primary N) is 1. The second kappa shape index (κ2) is 10.4. The third kappa shape index (κ3) is 4.76. The normalized spacial score (nSPS) is 10.8. The van der Waals surface area contributed by atoms with Crippen molar-refractivity contribution in [1.29, 1.82) is 5.26 Å². The molecule has 3 heterocycles. The molecule has 40 heavy (non-hydrogen) atoms. The Labute approximate surface area is 232 Å². The maximum absolute atomic E-state index is 12.2. The van der Waals surface area contributed by atoms with Crippen LogP contribution in [0.25, 0.3) is 33.3 Å². The number of hydrogen-bond acceptors (Lipinski definition) is 6. The van der Waals surface area contributed by atoms with Crippen molar-refractivity contribution in [1.82, 2.24) is 14.5 Å². The number of amides is 1. The summed E-state index contributed by atoms with van der Waals surface area (Å²) in [7, 11) is 1.92. The van der Waals surface area contributed by atoms with Crippen LogP contribution in [0.1, 0.15) is 23.7 Å². The zero-order valence-electron chi connectivity index (χ0n) is 22.7. The fourth-order valence-corrected chi connectivity index (χ4v) is 4.82. The molecule has 198 valence electrons. The Morgan fingerprint density at radius 3 is 2.52 bits per heavy atom. The molecule has 2 aromatic carbocycles. The Bertz CT molecular complexity index is 1840. The average molecular weight is 529 g/mol. The second-order valence-electron chi connectivity index (χ2n) is 9.68. The molecular formula is C32H28N6O2. The van der Waals surface area contributed by atoms with E-state index in [0.29, 0.717) is 45.2 Å². The molecule has 0 fully saturated rings. The minimum atomic E-state index is -0.238. The molecule has 5 rings (SSSR count). The van der Waals surface area contributed by atoms with Crippen LogP contribution in [-0.4, -0.2) is 20.4 Å². The van der Waals surface area contributed by atoms with E-state index in [2.05, 4.69) is 27.9 Å². The molecule has 0 aliphatic rings. The van der Waals surface area contributed by atoms with Crippen molar-refractivity contribution >= 4 is 28.3 Å². The first-order valence-corrected chi connectivity index (χ1v) is 12.6. The van der Waals surface area contributed by atoms with Gasteiger partial charge in [0.15, 0.2) is 0 Å². The number of aromatic nitrogens is 3. The van der Waals surface area contributed by atoms with Gasteiger partial charge in [-0.2, -0.15) is 5.26 Å². The Kier molecular flexibility index (Phi) is 6.80. The van der Waals surface area contributed by atoms with Gasteiger partial charge >= 0.3 is 0 Å². The van der Waals surface area contributed by atoms with Crippen molar-refractivity contribution in [2.24, 2.45) is 7.05 Å². The monoisotopic (exact) mass is 528 g/mol. The molecule has 8 heteroatoms. The minimum Gasteiger partial charge on any atom is -0.439 e. The molecule has 0 spiro atoms. The van der Waals surface area contributed by atoms with Crippen LogP contribution in [0.4, 0.5) is 11.5 Å². The summed E-state index contributed by atoms with van der Waals surface area (Å²) in [5.41, 5.74) is 14.0. The smallest absolute Gasteiger partial charge is 0.250 e.